The topological polar surface area (TPSA) is 82.2 Å². The molecule has 2 rings (SSSR count). The number of hydrogen-bond acceptors (Lipinski definition) is 3. The molecule has 0 aliphatic rings. The first-order valence-corrected chi connectivity index (χ1v) is 7.31. The first-order chi connectivity index (χ1) is 9.39. The van der Waals surface area contributed by atoms with Gasteiger partial charge in [-0.25, -0.2) is 12.4 Å². The minimum absolute atomic E-state index is 0.212. The van der Waals surface area contributed by atoms with E-state index in [4.69, 9.17) is 5.73 Å². The van der Waals surface area contributed by atoms with Crippen LogP contribution in [0.1, 0.15) is 11.1 Å². The lowest BCUT2D eigenvalue weighted by atomic mass is 10.2. The Hall–Kier alpha value is -2.34. The number of aromatic nitrogens is 1. The maximum Gasteiger partial charge on any atom is 0.267 e. The third-order valence-corrected chi connectivity index (χ3v) is 4.38. The second kappa shape index (κ2) is 5.34. The molecular weight excluding hydrogens is 276 g/mol. The molecule has 1 aromatic carbocycles. The highest BCUT2D eigenvalue weighted by Crippen LogP contribution is 2.16. The highest BCUT2D eigenvalue weighted by atomic mass is 32.2. The smallest absolute Gasteiger partial charge is 0.267 e. The summed E-state index contributed by atoms with van der Waals surface area (Å²) in [6.07, 6.45) is 5.49. The van der Waals surface area contributed by atoms with E-state index in [1.54, 1.807) is 30.3 Å². The molecule has 0 radical (unpaired) electrons. The summed E-state index contributed by atoms with van der Waals surface area (Å²) in [6.45, 7) is 1.89. The molecule has 2 N–H and O–H groups in total. The second-order valence-corrected chi connectivity index (χ2v) is 6.17. The molecule has 0 aliphatic heterocycles. The van der Waals surface area contributed by atoms with E-state index in [1.807, 2.05) is 6.92 Å². The van der Waals surface area contributed by atoms with E-state index < -0.39 is 15.9 Å². The molecule has 6 heteroatoms. The SMILES string of the molecule is Cc1ccc(S(=O)(=O)n2ccc(/C=C/C(N)=O)c2)cc1. The largest absolute Gasteiger partial charge is 0.366 e. The Morgan fingerprint density at radius 3 is 2.45 bits per heavy atom. The first kappa shape index (κ1) is 14.1. The average molecular weight is 290 g/mol. The summed E-state index contributed by atoms with van der Waals surface area (Å²) in [5.41, 5.74) is 6.56. The number of rotatable bonds is 4. The quantitative estimate of drug-likeness (QED) is 0.867. The lowest BCUT2D eigenvalue weighted by molar-refractivity contribution is -0.113. The molecule has 1 heterocycles. The summed E-state index contributed by atoms with van der Waals surface area (Å²) in [5.74, 6) is -0.584. The van der Waals surface area contributed by atoms with Gasteiger partial charge in [0.05, 0.1) is 4.90 Å². The van der Waals surface area contributed by atoms with Crippen LogP contribution in [0.3, 0.4) is 0 Å². The van der Waals surface area contributed by atoms with Gasteiger partial charge in [0.15, 0.2) is 0 Å². The Bertz CT molecular complexity index is 756. The Kier molecular flexibility index (Phi) is 3.76. The Balaban J connectivity index is 2.35. The molecule has 0 atom stereocenters. The van der Waals surface area contributed by atoms with Gasteiger partial charge in [-0.15, -0.1) is 0 Å². The maximum absolute atomic E-state index is 12.3. The molecule has 5 nitrogen and oxygen atoms in total. The van der Waals surface area contributed by atoms with Crippen LogP contribution < -0.4 is 5.73 Å². The number of hydrogen-bond donors (Lipinski definition) is 1. The van der Waals surface area contributed by atoms with Crippen molar-refractivity contribution in [3.63, 3.8) is 0 Å². The van der Waals surface area contributed by atoms with Crippen molar-refractivity contribution >= 4 is 22.0 Å². The fourth-order valence-corrected chi connectivity index (χ4v) is 2.86. The van der Waals surface area contributed by atoms with Gasteiger partial charge in [-0.3, -0.25) is 4.79 Å². The van der Waals surface area contributed by atoms with Gasteiger partial charge in [-0.1, -0.05) is 17.7 Å². The van der Waals surface area contributed by atoms with Crippen molar-refractivity contribution in [3.8, 4) is 0 Å². The number of nitrogens with two attached hydrogens (primary N) is 1. The van der Waals surface area contributed by atoms with Crippen LogP contribution in [-0.2, 0) is 14.8 Å². The monoisotopic (exact) mass is 290 g/mol. The highest BCUT2D eigenvalue weighted by molar-refractivity contribution is 7.90. The molecule has 0 fully saturated rings. The van der Waals surface area contributed by atoms with E-state index in [0.717, 1.165) is 9.54 Å². The number of benzene rings is 1. The zero-order chi connectivity index (χ0) is 14.8. The maximum atomic E-state index is 12.3. The fourth-order valence-electron chi connectivity index (χ4n) is 1.65. The molecule has 0 saturated heterocycles. The minimum Gasteiger partial charge on any atom is -0.366 e. The summed E-state index contributed by atoms with van der Waals surface area (Å²) < 4.78 is 25.8. The van der Waals surface area contributed by atoms with Gasteiger partial charge >= 0.3 is 0 Å². The van der Waals surface area contributed by atoms with E-state index >= 15 is 0 Å². The number of carbonyl (C=O) groups is 1. The third-order valence-electron chi connectivity index (χ3n) is 2.73. The summed E-state index contributed by atoms with van der Waals surface area (Å²) >= 11 is 0. The third kappa shape index (κ3) is 2.97. The number of primary amides is 1. The van der Waals surface area contributed by atoms with Crippen LogP contribution in [0, 0.1) is 6.92 Å². The number of aryl methyl sites for hydroxylation is 1. The summed E-state index contributed by atoms with van der Waals surface area (Å²) in [7, 11) is -3.61. The molecule has 0 aliphatic carbocycles. The van der Waals surface area contributed by atoms with E-state index in [1.165, 1.54) is 24.5 Å². The van der Waals surface area contributed by atoms with Crippen molar-refractivity contribution in [2.24, 2.45) is 5.73 Å². The van der Waals surface area contributed by atoms with Crippen molar-refractivity contribution < 1.29 is 13.2 Å². The molecule has 0 spiro atoms. The van der Waals surface area contributed by atoms with Crippen LogP contribution in [0.15, 0.2) is 53.7 Å². The van der Waals surface area contributed by atoms with Crippen molar-refractivity contribution in [1.82, 2.24) is 3.97 Å². The molecule has 104 valence electrons. The van der Waals surface area contributed by atoms with Gasteiger partial charge < -0.3 is 5.73 Å². The van der Waals surface area contributed by atoms with Crippen LogP contribution in [0.25, 0.3) is 6.08 Å². The van der Waals surface area contributed by atoms with Gasteiger partial charge in [0.25, 0.3) is 10.0 Å². The van der Waals surface area contributed by atoms with Gasteiger partial charge in [-0.2, -0.15) is 0 Å². The number of amides is 1. The average Bonchev–Trinajstić information content (AvgIpc) is 2.86. The molecule has 2 aromatic rings. The van der Waals surface area contributed by atoms with E-state index in [-0.39, 0.29) is 4.90 Å². The summed E-state index contributed by atoms with van der Waals surface area (Å²) in [6, 6.07) is 8.19. The zero-order valence-corrected chi connectivity index (χ0v) is 11.7. The van der Waals surface area contributed by atoms with Gasteiger partial charge in [-0.05, 0) is 36.8 Å². The van der Waals surface area contributed by atoms with Crippen molar-refractivity contribution in [2.45, 2.75) is 11.8 Å². The van der Waals surface area contributed by atoms with Crippen LogP contribution in [0.2, 0.25) is 0 Å². The molecule has 20 heavy (non-hydrogen) atoms. The predicted octanol–water partition coefficient (Wildman–Crippen LogP) is 1.53. The fraction of sp³-hybridized carbons (Fsp3) is 0.0714. The molecule has 0 unspecified atom stereocenters. The van der Waals surface area contributed by atoms with Crippen molar-refractivity contribution in [2.75, 3.05) is 0 Å². The lowest BCUT2D eigenvalue weighted by Crippen LogP contribution is -2.10. The van der Waals surface area contributed by atoms with E-state index in [9.17, 15) is 13.2 Å². The molecule has 0 saturated carbocycles. The first-order valence-electron chi connectivity index (χ1n) is 5.87. The zero-order valence-electron chi connectivity index (χ0n) is 10.9. The van der Waals surface area contributed by atoms with Crippen LogP contribution in [0.5, 0.6) is 0 Å². The standard InChI is InChI=1S/C14H14N2O3S/c1-11-2-5-13(6-3-11)20(18,19)16-9-8-12(10-16)4-7-14(15)17/h2-10H,1H3,(H2,15,17)/b7-4+. The Morgan fingerprint density at radius 1 is 1.20 bits per heavy atom. The van der Waals surface area contributed by atoms with Gasteiger partial charge in [0.2, 0.25) is 5.91 Å². The molecule has 0 bridgehead atoms. The number of nitrogens with zero attached hydrogens (tertiary/aromatic N) is 1. The molecular formula is C14H14N2O3S. The predicted molar refractivity (Wildman–Crippen MR) is 76.4 cm³/mol. The molecule has 1 aromatic heterocycles. The molecule has 1 amide bonds. The van der Waals surface area contributed by atoms with Crippen LogP contribution >= 0.6 is 0 Å². The van der Waals surface area contributed by atoms with Gasteiger partial charge in [0.1, 0.15) is 0 Å². The van der Waals surface area contributed by atoms with Gasteiger partial charge in [0, 0.05) is 18.5 Å². The van der Waals surface area contributed by atoms with Crippen LogP contribution in [0.4, 0.5) is 0 Å². The Morgan fingerprint density at radius 2 is 1.85 bits per heavy atom. The number of carbonyl (C=O) groups excluding carboxylic acids is 1. The van der Waals surface area contributed by atoms with E-state index in [0.29, 0.717) is 5.56 Å². The second-order valence-electron chi connectivity index (χ2n) is 4.33. The highest BCUT2D eigenvalue weighted by Gasteiger charge is 2.15. The minimum atomic E-state index is -3.61. The van der Waals surface area contributed by atoms with E-state index in [2.05, 4.69) is 0 Å². The lowest BCUT2D eigenvalue weighted by Gasteiger charge is -2.05. The summed E-state index contributed by atoms with van der Waals surface area (Å²) in [5, 5.41) is 0. The van der Waals surface area contributed by atoms with Crippen LogP contribution in [-0.4, -0.2) is 18.3 Å². The summed E-state index contributed by atoms with van der Waals surface area (Å²) in [4.78, 5) is 10.9. The van der Waals surface area contributed by atoms with Crippen molar-refractivity contribution in [3.05, 3.63) is 59.9 Å². The van der Waals surface area contributed by atoms with Crippen molar-refractivity contribution in [1.29, 1.82) is 0 Å². The Labute approximate surface area is 117 Å². The normalized spacial score (nSPS) is 11.8.